The van der Waals surface area contributed by atoms with Crippen LogP contribution in [-0.2, 0) is 6.54 Å². The molecule has 1 aromatic heterocycles. The number of rotatable bonds is 6. The molecule has 0 aliphatic heterocycles. The number of methoxy groups -OCH3 is 1. The first-order valence-electron chi connectivity index (χ1n) is 8.59. The molecule has 1 amide bonds. The monoisotopic (exact) mass is 353 g/mol. The molecule has 1 heterocycles. The number of aryl methyl sites for hydroxylation is 1. The zero-order valence-corrected chi connectivity index (χ0v) is 15.5. The SMILES string of the molecule is COc1cccc2c(C)c(C(=O)NCc3cccc(OC(C)C)c3)oc12. The van der Waals surface area contributed by atoms with E-state index in [4.69, 9.17) is 13.9 Å². The third kappa shape index (κ3) is 3.67. The van der Waals surface area contributed by atoms with Gasteiger partial charge in [0.1, 0.15) is 5.75 Å². The Bertz CT molecular complexity index is 927. The lowest BCUT2D eigenvalue weighted by Gasteiger charge is -2.11. The minimum Gasteiger partial charge on any atom is -0.493 e. The average Bonchev–Trinajstić information content (AvgIpc) is 2.96. The Morgan fingerprint density at radius 3 is 2.69 bits per heavy atom. The van der Waals surface area contributed by atoms with Crippen LogP contribution in [0.1, 0.15) is 35.5 Å². The van der Waals surface area contributed by atoms with Crippen molar-refractivity contribution in [3.8, 4) is 11.5 Å². The summed E-state index contributed by atoms with van der Waals surface area (Å²) < 4.78 is 16.8. The second-order valence-electron chi connectivity index (χ2n) is 6.39. The van der Waals surface area contributed by atoms with Crippen molar-refractivity contribution in [2.45, 2.75) is 33.4 Å². The Hall–Kier alpha value is -2.95. The van der Waals surface area contributed by atoms with Gasteiger partial charge in [-0.2, -0.15) is 0 Å². The van der Waals surface area contributed by atoms with Crippen molar-refractivity contribution in [2.75, 3.05) is 7.11 Å². The summed E-state index contributed by atoms with van der Waals surface area (Å²) in [6.07, 6.45) is 0.105. The molecule has 3 aromatic rings. The Balaban J connectivity index is 1.77. The third-order valence-electron chi connectivity index (χ3n) is 4.08. The number of fused-ring (bicyclic) bond motifs is 1. The molecule has 136 valence electrons. The van der Waals surface area contributed by atoms with Crippen molar-refractivity contribution in [3.05, 3.63) is 59.4 Å². The van der Waals surface area contributed by atoms with Crippen molar-refractivity contribution in [2.24, 2.45) is 0 Å². The van der Waals surface area contributed by atoms with Gasteiger partial charge in [-0.05, 0) is 44.5 Å². The van der Waals surface area contributed by atoms with Gasteiger partial charge in [-0.1, -0.05) is 24.3 Å². The largest absolute Gasteiger partial charge is 0.493 e. The van der Waals surface area contributed by atoms with Gasteiger partial charge in [0, 0.05) is 17.5 Å². The van der Waals surface area contributed by atoms with E-state index in [1.165, 1.54) is 0 Å². The minimum atomic E-state index is -0.254. The Morgan fingerprint density at radius 1 is 1.19 bits per heavy atom. The lowest BCUT2D eigenvalue weighted by Crippen LogP contribution is -2.23. The van der Waals surface area contributed by atoms with Gasteiger partial charge in [0.25, 0.3) is 5.91 Å². The number of ether oxygens (including phenoxy) is 2. The predicted molar refractivity (Wildman–Crippen MR) is 101 cm³/mol. The van der Waals surface area contributed by atoms with Crippen LogP contribution in [0.4, 0.5) is 0 Å². The minimum absolute atomic E-state index is 0.105. The van der Waals surface area contributed by atoms with Crippen LogP contribution in [0.3, 0.4) is 0 Å². The van der Waals surface area contributed by atoms with Crippen LogP contribution in [-0.4, -0.2) is 19.1 Å². The Labute approximate surface area is 152 Å². The molecule has 0 atom stereocenters. The highest BCUT2D eigenvalue weighted by atomic mass is 16.5. The molecule has 5 heteroatoms. The Kier molecular flexibility index (Phi) is 5.16. The van der Waals surface area contributed by atoms with Crippen molar-refractivity contribution >= 4 is 16.9 Å². The normalized spacial score (nSPS) is 11.0. The van der Waals surface area contributed by atoms with E-state index >= 15 is 0 Å². The number of nitrogens with one attached hydrogen (secondary N) is 1. The quantitative estimate of drug-likeness (QED) is 0.710. The first-order chi connectivity index (χ1) is 12.5. The second-order valence-corrected chi connectivity index (χ2v) is 6.39. The highest BCUT2D eigenvalue weighted by Crippen LogP contribution is 2.32. The molecule has 0 spiro atoms. The van der Waals surface area contributed by atoms with Gasteiger partial charge in [0.15, 0.2) is 17.1 Å². The van der Waals surface area contributed by atoms with Gasteiger partial charge in [0.05, 0.1) is 13.2 Å². The third-order valence-corrected chi connectivity index (χ3v) is 4.08. The lowest BCUT2D eigenvalue weighted by molar-refractivity contribution is 0.0924. The van der Waals surface area contributed by atoms with E-state index in [2.05, 4.69) is 5.32 Å². The highest BCUT2D eigenvalue weighted by molar-refractivity contribution is 6.00. The van der Waals surface area contributed by atoms with Crippen LogP contribution in [0.5, 0.6) is 11.5 Å². The summed E-state index contributed by atoms with van der Waals surface area (Å²) in [6, 6.07) is 13.3. The molecule has 0 saturated heterocycles. The zero-order chi connectivity index (χ0) is 18.7. The topological polar surface area (TPSA) is 60.7 Å². The van der Waals surface area contributed by atoms with Crippen LogP contribution in [0.25, 0.3) is 11.0 Å². The van der Waals surface area contributed by atoms with Gasteiger partial charge in [-0.15, -0.1) is 0 Å². The Morgan fingerprint density at radius 2 is 1.96 bits per heavy atom. The number of carbonyl (C=O) groups is 1. The van der Waals surface area contributed by atoms with Crippen LogP contribution < -0.4 is 14.8 Å². The number of hydrogen-bond acceptors (Lipinski definition) is 4. The molecule has 0 unspecified atom stereocenters. The lowest BCUT2D eigenvalue weighted by atomic mass is 10.1. The van der Waals surface area contributed by atoms with Crippen molar-refractivity contribution in [1.29, 1.82) is 0 Å². The first kappa shape index (κ1) is 17.9. The molecular formula is C21H23NO4. The molecule has 26 heavy (non-hydrogen) atoms. The maximum Gasteiger partial charge on any atom is 0.287 e. The number of para-hydroxylation sites is 1. The second kappa shape index (κ2) is 7.52. The summed E-state index contributed by atoms with van der Waals surface area (Å²) >= 11 is 0. The predicted octanol–water partition coefficient (Wildman–Crippen LogP) is 4.47. The van der Waals surface area contributed by atoms with Crippen molar-refractivity contribution in [1.82, 2.24) is 5.32 Å². The standard InChI is InChI=1S/C21H23NO4/c1-13(2)25-16-8-5-7-15(11-16)12-22-21(23)19-14(3)17-9-6-10-18(24-4)20(17)26-19/h5-11,13H,12H2,1-4H3,(H,22,23). The van der Waals surface area contributed by atoms with Gasteiger partial charge < -0.3 is 19.2 Å². The van der Waals surface area contributed by atoms with E-state index in [-0.39, 0.29) is 12.0 Å². The first-order valence-corrected chi connectivity index (χ1v) is 8.59. The maximum atomic E-state index is 12.6. The van der Waals surface area contributed by atoms with E-state index in [1.807, 2.05) is 63.2 Å². The van der Waals surface area contributed by atoms with Gasteiger partial charge >= 0.3 is 0 Å². The smallest absolute Gasteiger partial charge is 0.287 e. The van der Waals surface area contributed by atoms with Crippen molar-refractivity contribution < 1.29 is 18.7 Å². The summed E-state index contributed by atoms with van der Waals surface area (Å²) in [7, 11) is 1.58. The average molecular weight is 353 g/mol. The van der Waals surface area contributed by atoms with Gasteiger partial charge in [0.2, 0.25) is 0 Å². The summed E-state index contributed by atoms with van der Waals surface area (Å²) in [4.78, 5) is 12.6. The van der Waals surface area contributed by atoms with Gasteiger partial charge in [-0.25, -0.2) is 0 Å². The number of amides is 1. The summed E-state index contributed by atoms with van der Waals surface area (Å²) in [5.74, 6) is 1.45. The fraction of sp³-hybridized carbons (Fsp3) is 0.286. The maximum absolute atomic E-state index is 12.6. The molecule has 0 aliphatic rings. The van der Waals surface area contributed by atoms with E-state index < -0.39 is 0 Å². The van der Waals surface area contributed by atoms with Crippen LogP contribution in [0, 0.1) is 6.92 Å². The van der Waals surface area contributed by atoms with Crippen LogP contribution in [0.2, 0.25) is 0 Å². The highest BCUT2D eigenvalue weighted by Gasteiger charge is 2.19. The number of carbonyl (C=O) groups excluding carboxylic acids is 1. The molecule has 0 radical (unpaired) electrons. The van der Waals surface area contributed by atoms with Crippen LogP contribution >= 0.6 is 0 Å². The summed E-state index contributed by atoms with van der Waals surface area (Å²) in [5.41, 5.74) is 2.35. The summed E-state index contributed by atoms with van der Waals surface area (Å²) in [6.45, 7) is 6.22. The molecule has 0 aliphatic carbocycles. The van der Waals surface area contributed by atoms with E-state index in [0.717, 1.165) is 22.3 Å². The van der Waals surface area contributed by atoms with Gasteiger partial charge in [-0.3, -0.25) is 4.79 Å². The number of hydrogen-bond donors (Lipinski definition) is 1. The van der Waals surface area contributed by atoms with E-state index in [0.29, 0.717) is 23.6 Å². The number of furan rings is 1. The zero-order valence-electron chi connectivity index (χ0n) is 15.5. The van der Waals surface area contributed by atoms with Crippen LogP contribution in [0.15, 0.2) is 46.9 Å². The summed E-state index contributed by atoms with van der Waals surface area (Å²) in [5, 5.41) is 3.78. The molecule has 2 aromatic carbocycles. The molecule has 3 rings (SSSR count). The molecule has 1 N–H and O–H groups in total. The number of benzene rings is 2. The molecular weight excluding hydrogens is 330 g/mol. The van der Waals surface area contributed by atoms with Crippen molar-refractivity contribution in [3.63, 3.8) is 0 Å². The van der Waals surface area contributed by atoms with E-state index in [1.54, 1.807) is 7.11 Å². The molecule has 0 saturated carbocycles. The molecule has 0 bridgehead atoms. The van der Waals surface area contributed by atoms with E-state index in [9.17, 15) is 4.79 Å². The molecule has 0 fully saturated rings. The fourth-order valence-electron chi connectivity index (χ4n) is 2.86. The fourth-order valence-corrected chi connectivity index (χ4v) is 2.86. The molecule has 5 nitrogen and oxygen atoms in total.